The molecule has 3 rings (SSSR count). The Morgan fingerprint density at radius 3 is 2.76 bits per heavy atom. The molecule has 1 unspecified atom stereocenters. The molecular formula is C20H22N2O3. The van der Waals surface area contributed by atoms with Crippen LogP contribution in [0.1, 0.15) is 23.6 Å². The number of likely N-dealkylation sites (N-methyl/N-ethyl adjacent to an activating group) is 1. The number of aryl methyl sites for hydroxylation is 1. The normalized spacial score (nSPS) is 16.2. The number of hydrogen-bond donors (Lipinski definition) is 1. The number of carbonyl (C=O) groups is 2. The monoisotopic (exact) mass is 338 g/mol. The molecular weight excluding hydrogens is 316 g/mol. The van der Waals surface area contributed by atoms with E-state index in [-0.39, 0.29) is 18.2 Å². The highest BCUT2D eigenvalue weighted by molar-refractivity contribution is 5.99. The third-order valence-electron chi connectivity index (χ3n) is 4.30. The first-order valence-electron chi connectivity index (χ1n) is 8.33. The molecule has 25 heavy (non-hydrogen) atoms. The maximum atomic E-state index is 12.2. The summed E-state index contributed by atoms with van der Waals surface area (Å²) >= 11 is 0. The number of nitrogens with zero attached hydrogens (tertiary/aromatic N) is 1. The minimum atomic E-state index is -0.485. The van der Waals surface area contributed by atoms with Gasteiger partial charge in [0, 0.05) is 13.6 Å². The van der Waals surface area contributed by atoms with Gasteiger partial charge in [-0.15, -0.1) is 0 Å². The maximum absolute atomic E-state index is 12.2. The number of carbonyl (C=O) groups excluding carboxylic acids is 2. The minimum Gasteiger partial charge on any atom is -0.479 e. The molecule has 0 saturated carbocycles. The highest BCUT2D eigenvalue weighted by atomic mass is 16.5. The molecule has 1 heterocycles. The summed E-state index contributed by atoms with van der Waals surface area (Å²) in [7, 11) is 1.72. The standard InChI is InChI=1S/C20H22N2O3/c1-13-5-4-6-16(9-13)12-21-19(23)11-15-7-8-18-17(10-15)22(3)20(24)14(2)25-18/h4-10,14H,11-12H2,1-3H3,(H,21,23). The molecule has 1 aliphatic heterocycles. The minimum absolute atomic E-state index is 0.0551. The fourth-order valence-electron chi connectivity index (χ4n) is 2.94. The van der Waals surface area contributed by atoms with Crippen LogP contribution < -0.4 is 15.0 Å². The van der Waals surface area contributed by atoms with E-state index in [4.69, 9.17) is 4.74 Å². The van der Waals surface area contributed by atoms with Crippen LogP contribution in [0.2, 0.25) is 0 Å². The van der Waals surface area contributed by atoms with Crippen molar-refractivity contribution in [3.05, 3.63) is 59.2 Å². The third-order valence-corrected chi connectivity index (χ3v) is 4.30. The SMILES string of the molecule is Cc1cccc(CNC(=O)Cc2ccc3c(c2)N(C)C(=O)C(C)O3)c1. The van der Waals surface area contributed by atoms with Crippen molar-refractivity contribution < 1.29 is 14.3 Å². The number of nitrogens with one attached hydrogen (secondary N) is 1. The highest BCUT2D eigenvalue weighted by Gasteiger charge is 2.28. The van der Waals surface area contributed by atoms with E-state index >= 15 is 0 Å². The lowest BCUT2D eigenvalue weighted by molar-refractivity contribution is -0.125. The average molecular weight is 338 g/mol. The first-order valence-corrected chi connectivity index (χ1v) is 8.33. The van der Waals surface area contributed by atoms with Crippen molar-refractivity contribution in [1.29, 1.82) is 0 Å². The third kappa shape index (κ3) is 3.82. The smallest absolute Gasteiger partial charge is 0.267 e. The topological polar surface area (TPSA) is 58.6 Å². The summed E-state index contributed by atoms with van der Waals surface area (Å²) in [6.45, 7) is 4.26. The second kappa shape index (κ2) is 6.97. The lowest BCUT2D eigenvalue weighted by atomic mass is 10.1. The lowest BCUT2D eigenvalue weighted by Gasteiger charge is -2.30. The summed E-state index contributed by atoms with van der Waals surface area (Å²) in [5, 5.41) is 2.93. The van der Waals surface area contributed by atoms with Crippen LogP contribution in [0, 0.1) is 6.92 Å². The Morgan fingerprint density at radius 2 is 2.00 bits per heavy atom. The Balaban J connectivity index is 1.65. The molecule has 0 aromatic heterocycles. The van der Waals surface area contributed by atoms with Crippen LogP contribution in [0.5, 0.6) is 5.75 Å². The highest BCUT2D eigenvalue weighted by Crippen LogP contribution is 2.34. The van der Waals surface area contributed by atoms with Crippen molar-refractivity contribution in [3.8, 4) is 5.75 Å². The molecule has 5 nitrogen and oxygen atoms in total. The van der Waals surface area contributed by atoms with E-state index in [2.05, 4.69) is 11.4 Å². The van der Waals surface area contributed by atoms with Gasteiger partial charge in [-0.2, -0.15) is 0 Å². The number of fused-ring (bicyclic) bond motifs is 1. The summed E-state index contributed by atoms with van der Waals surface area (Å²) in [6, 6.07) is 13.6. The van der Waals surface area contributed by atoms with Gasteiger partial charge in [-0.25, -0.2) is 0 Å². The Labute approximate surface area is 147 Å². The number of anilines is 1. The predicted octanol–water partition coefficient (Wildman–Crippen LogP) is 2.60. The summed E-state index contributed by atoms with van der Waals surface area (Å²) in [6.07, 6.45) is -0.225. The van der Waals surface area contributed by atoms with Crippen molar-refractivity contribution in [2.24, 2.45) is 0 Å². The zero-order valence-corrected chi connectivity index (χ0v) is 14.7. The number of rotatable bonds is 4. The van der Waals surface area contributed by atoms with Gasteiger partial charge >= 0.3 is 0 Å². The van der Waals surface area contributed by atoms with Crippen LogP contribution in [-0.2, 0) is 22.6 Å². The summed E-state index contributed by atoms with van der Waals surface area (Å²) in [4.78, 5) is 25.8. The van der Waals surface area contributed by atoms with E-state index in [1.165, 1.54) is 5.56 Å². The Kier molecular flexibility index (Phi) is 4.74. The van der Waals surface area contributed by atoms with Gasteiger partial charge in [0.05, 0.1) is 12.1 Å². The fraction of sp³-hybridized carbons (Fsp3) is 0.300. The van der Waals surface area contributed by atoms with E-state index < -0.39 is 6.10 Å². The summed E-state index contributed by atoms with van der Waals surface area (Å²) < 4.78 is 5.60. The maximum Gasteiger partial charge on any atom is 0.267 e. The molecule has 0 fully saturated rings. The molecule has 1 atom stereocenters. The first kappa shape index (κ1) is 17.0. The van der Waals surface area contributed by atoms with Gasteiger partial charge in [0.15, 0.2) is 6.10 Å². The van der Waals surface area contributed by atoms with Gasteiger partial charge in [0.1, 0.15) is 5.75 Å². The van der Waals surface area contributed by atoms with Gasteiger partial charge in [0.2, 0.25) is 5.91 Å². The number of amides is 2. The molecule has 130 valence electrons. The van der Waals surface area contributed by atoms with Gasteiger partial charge in [-0.3, -0.25) is 9.59 Å². The first-order chi connectivity index (χ1) is 11.9. The van der Waals surface area contributed by atoms with Crippen molar-refractivity contribution in [1.82, 2.24) is 5.32 Å². The number of ether oxygens (including phenoxy) is 1. The van der Waals surface area contributed by atoms with Crippen molar-refractivity contribution in [2.75, 3.05) is 11.9 Å². The lowest BCUT2D eigenvalue weighted by Crippen LogP contribution is -2.42. The Morgan fingerprint density at radius 1 is 1.20 bits per heavy atom. The molecule has 0 radical (unpaired) electrons. The molecule has 0 aliphatic carbocycles. The second-order valence-corrected chi connectivity index (χ2v) is 6.40. The van der Waals surface area contributed by atoms with Crippen molar-refractivity contribution >= 4 is 17.5 Å². The van der Waals surface area contributed by atoms with Gasteiger partial charge in [-0.1, -0.05) is 35.9 Å². The molecule has 2 amide bonds. The van der Waals surface area contributed by atoms with Crippen LogP contribution in [0.3, 0.4) is 0 Å². The number of hydrogen-bond acceptors (Lipinski definition) is 3. The Bertz CT molecular complexity index is 816. The predicted molar refractivity (Wildman–Crippen MR) is 96.7 cm³/mol. The Hall–Kier alpha value is -2.82. The van der Waals surface area contributed by atoms with Crippen molar-refractivity contribution in [2.45, 2.75) is 32.9 Å². The van der Waals surface area contributed by atoms with Crippen molar-refractivity contribution in [3.63, 3.8) is 0 Å². The quantitative estimate of drug-likeness (QED) is 0.932. The van der Waals surface area contributed by atoms with Gasteiger partial charge < -0.3 is 15.0 Å². The second-order valence-electron chi connectivity index (χ2n) is 6.40. The van der Waals surface area contributed by atoms with Crippen LogP contribution in [0.25, 0.3) is 0 Å². The summed E-state index contributed by atoms with van der Waals surface area (Å²) in [5.41, 5.74) is 3.79. The van der Waals surface area contributed by atoms with E-state index in [0.29, 0.717) is 18.0 Å². The zero-order valence-electron chi connectivity index (χ0n) is 14.7. The zero-order chi connectivity index (χ0) is 18.0. The van der Waals surface area contributed by atoms with E-state index in [9.17, 15) is 9.59 Å². The van der Waals surface area contributed by atoms with Crippen LogP contribution in [0.4, 0.5) is 5.69 Å². The average Bonchev–Trinajstić information content (AvgIpc) is 2.59. The molecule has 5 heteroatoms. The van der Waals surface area contributed by atoms with E-state index in [0.717, 1.165) is 11.1 Å². The van der Waals surface area contributed by atoms with Crippen LogP contribution >= 0.6 is 0 Å². The fourth-order valence-corrected chi connectivity index (χ4v) is 2.94. The molecule has 2 aromatic rings. The van der Waals surface area contributed by atoms with Gasteiger partial charge in [0.25, 0.3) is 5.91 Å². The molecule has 2 aromatic carbocycles. The number of benzene rings is 2. The summed E-state index contributed by atoms with van der Waals surface area (Å²) in [5.74, 6) is 0.521. The van der Waals surface area contributed by atoms with E-state index in [1.54, 1.807) is 18.9 Å². The molecule has 1 aliphatic rings. The molecule has 0 bridgehead atoms. The largest absolute Gasteiger partial charge is 0.479 e. The van der Waals surface area contributed by atoms with Gasteiger partial charge in [-0.05, 0) is 37.1 Å². The molecule has 0 saturated heterocycles. The van der Waals surface area contributed by atoms with Crippen LogP contribution in [-0.4, -0.2) is 25.0 Å². The van der Waals surface area contributed by atoms with E-state index in [1.807, 2.05) is 43.3 Å². The van der Waals surface area contributed by atoms with Crippen LogP contribution in [0.15, 0.2) is 42.5 Å². The molecule has 1 N–H and O–H groups in total. The molecule has 0 spiro atoms.